The first kappa shape index (κ1) is 21.4. The smallest absolute Gasteiger partial charge is 0.279 e. The summed E-state index contributed by atoms with van der Waals surface area (Å²) in [6.45, 7) is 7.86. The highest BCUT2D eigenvalue weighted by molar-refractivity contribution is 7.63. The van der Waals surface area contributed by atoms with E-state index in [1.54, 1.807) is 12.1 Å². The molecule has 0 radical (unpaired) electrons. The van der Waals surface area contributed by atoms with Gasteiger partial charge in [0.15, 0.2) is 0 Å². The van der Waals surface area contributed by atoms with E-state index < -0.39 is 19.8 Å². The number of rotatable bonds is 11. The predicted molar refractivity (Wildman–Crippen MR) is 99.2 cm³/mol. The van der Waals surface area contributed by atoms with Crippen molar-refractivity contribution in [3.63, 3.8) is 0 Å². The quantitative estimate of drug-likeness (QED) is 0.324. The van der Waals surface area contributed by atoms with E-state index in [9.17, 15) is 13.2 Å². The maximum Gasteiger partial charge on any atom is 0.417 e. The summed E-state index contributed by atoms with van der Waals surface area (Å²) in [6.07, 6.45) is 3.61. The monoisotopic (exact) mass is 361 g/mol. The molecule has 0 aliphatic rings. The van der Waals surface area contributed by atoms with E-state index in [-0.39, 0.29) is 0 Å². The normalized spacial score (nSPS) is 13.5. The van der Waals surface area contributed by atoms with Crippen LogP contribution in [0, 0.1) is 0 Å². The standard InChI is InChI=1S/C19H31F3NP/c1-4-7-8-9-10-13-16-24(23(5-2)6-3)18-15-12-11-14-17(18)19(20,21)22/h11-12,14-15H,4-10,13,16H2,1-3H3/t24-/m1/s1. The van der Waals surface area contributed by atoms with E-state index in [0.717, 1.165) is 32.1 Å². The largest absolute Gasteiger partial charge is 0.417 e. The van der Waals surface area contributed by atoms with Gasteiger partial charge in [-0.15, -0.1) is 0 Å². The van der Waals surface area contributed by atoms with Crippen molar-refractivity contribution in [2.45, 2.75) is 65.5 Å². The van der Waals surface area contributed by atoms with Gasteiger partial charge in [-0.05, 0) is 39.8 Å². The molecular formula is C19H31F3NP. The minimum absolute atomic E-state index is 0.450. The van der Waals surface area contributed by atoms with Gasteiger partial charge >= 0.3 is 6.18 Å². The van der Waals surface area contributed by atoms with Gasteiger partial charge < -0.3 is 0 Å². The number of hydrogen-bond acceptors (Lipinski definition) is 1. The van der Waals surface area contributed by atoms with Crippen molar-refractivity contribution >= 4 is 13.4 Å². The lowest BCUT2D eigenvalue weighted by molar-refractivity contribution is -0.136. The van der Waals surface area contributed by atoms with Gasteiger partial charge in [0.2, 0.25) is 0 Å². The average molecular weight is 361 g/mol. The molecule has 0 saturated carbocycles. The maximum absolute atomic E-state index is 13.4. The van der Waals surface area contributed by atoms with Gasteiger partial charge in [0.25, 0.3) is 0 Å². The Bertz CT molecular complexity index is 458. The Labute approximate surface area is 146 Å². The molecule has 1 atom stereocenters. The minimum atomic E-state index is -4.27. The van der Waals surface area contributed by atoms with Crippen molar-refractivity contribution in [3.05, 3.63) is 29.8 Å². The number of halogens is 3. The van der Waals surface area contributed by atoms with Crippen LogP contribution in [0.15, 0.2) is 24.3 Å². The molecule has 138 valence electrons. The van der Waals surface area contributed by atoms with Gasteiger partial charge in [0.05, 0.1) is 5.56 Å². The number of nitrogens with zero attached hydrogens (tertiary/aromatic N) is 1. The molecule has 1 aromatic carbocycles. The van der Waals surface area contributed by atoms with Crippen LogP contribution in [0.2, 0.25) is 0 Å². The summed E-state index contributed by atoms with van der Waals surface area (Å²) in [5.41, 5.74) is -0.450. The van der Waals surface area contributed by atoms with Crippen LogP contribution < -0.4 is 5.30 Å². The second kappa shape index (κ2) is 11.1. The molecule has 0 unspecified atom stereocenters. The fourth-order valence-corrected chi connectivity index (χ4v) is 5.73. The maximum atomic E-state index is 13.4. The first-order valence-corrected chi connectivity index (χ1v) is 10.6. The zero-order valence-electron chi connectivity index (χ0n) is 15.2. The van der Waals surface area contributed by atoms with Gasteiger partial charge in [0.1, 0.15) is 0 Å². The number of alkyl halides is 3. The molecule has 1 aromatic rings. The van der Waals surface area contributed by atoms with E-state index >= 15 is 0 Å². The molecule has 0 fully saturated rings. The lowest BCUT2D eigenvalue weighted by atomic mass is 10.1. The Hall–Kier alpha value is -0.600. The molecule has 0 amide bonds. The third kappa shape index (κ3) is 6.72. The summed E-state index contributed by atoms with van der Waals surface area (Å²) in [5, 5.41) is 0.497. The number of benzene rings is 1. The van der Waals surface area contributed by atoms with Crippen LogP contribution in [0.1, 0.15) is 64.9 Å². The molecule has 0 aliphatic carbocycles. The lowest BCUT2D eigenvalue weighted by Crippen LogP contribution is -2.28. The molecular weight excluding hydrogens is 330 g/mol. The third-order valence-electron chi connectivity index (χ3n) is 4.28. The van der Waals surface area contributed by atoms with E-state index in [1.807, 2.05) is 13.8 Å². The van der Waals surface area contributed by atoms with E-state index in [1.165, 1.54) is 37.8 Å². The van der Waals surface area contributed by atoms with Crippen LogP contribution >= 0.6 is 8.07 Å². The Balaban J connectivity index is 2.87. The lowest BCUT2D eigenvalue weighted by Gasteiger charge is -2.32. The number of hydrogen-bond donors (Lipinski definition) is 0. The van der Waals surface area contributed by atoms with Gasteiger partial charge in [-0.25, -0.2) is 0 Å². The molecule has 0 bridgehead atoms. The first-order chi connectivity index (χ1) is 11.5. The second-order valence-electron chi connectivity index (χ2n) is 6.04. The van der Waals surface area contributed by atoms with Gasteiger partial charge in [-0.3, -0.25) is 4.67 Å². The van der Waals surface area contributed by atoms with E-state index in [0.29, 0.717) is 5.30 Å². The van der Waals surface area contributed by atoms with Crippen LogP contribution in [0.3, 0.4) is 0 Å². The van der Waals surface area contributed by atoms with Crippen molar-refractivity contribution in [2.75, 3.05) is 19.3 Å². The Morgan fingerprint density at radius 3 is 2.04 bits per heavy atom. The average Bonchev–Trinajstić information content (AvgIpc) is 2.56. The molecule has 0 saturated heterocycles. The fraction of sp³-hybridized carbons (Fsp3) is 0.684. The fourth-order valence-electron chi connectivity index (χ4n) is 2.96. The summed E-state index contributed by atoms with van der Waals surface area (Å²) in [7, 11) is -0.916. The van der Waals surface area contributed by atoms with Crippen LogP contribution in [0.4, 0.5) is 13.2 Å². The van der Waals surface area contributed by atoms with Crippen molar-refractivity contribution in [1.29, 1.82) is 0 Å². The molecule has 0 spiro atoms. The zero-order chi connectivity index (χ0) is 18.0. The Morgan fingerprint density at radius 1 is 0.875 bits per heavy atom. The molecule has 0 aromatic heterocycles. The molecule has 1 rings (SSSR count). The van der Waals surface area contributed by atoms with Crippen molar-refractivity contribution in [1.82, 2.24) is 4.67 Å². The molecule has 24 heavy (non-hydrogen) atoms. The van der Waals surface area contributed by atoms with Crippen LogP contribution in [-0.2, 0) is 6.18 Å². The molecule has 0 aliphatic heterocycles. The third-order valence-corrected chi connectivity index (χ3v) is 7.22. The SMILES string of the molecule is CCCCCCCC[P@](c1ccccc1C(F)(F)F)N(CC)CC. The summed E-state index contributed by atoms with van der Waals surface area (Å²) >= 11 is 0. The predicted octanol–water partition coefficient (Wildman–Crippen LogP) is 6.43. The molecule has 5 heteroatoms. The van der Waals surface area contributed by atoms with Crippen LogP contribution in [0.25, 0.3) is 0 Å². The first-order valence-electron chi connectivity index (χ1n) is 9.14. The zero-order valence-corrected chi connectivity index (χ0v) is 16.1. The number of unbranched alkanes of at least 4 members (excludes halogenated alkanes) is 5. The Morgan fingerprint density at radius 2 is 1.46 bits per heavy atom. The molecule has 1 nitrogen and oxygen atoms in total. The van der Waals surface area contributed by atoms with Gasteiger partial charge in [-0.2, -0.15) is 13.2 Å². The van der Waals surface area contributed by atoms with E-state index in [4.69, 9.17) is 0 Å². The molecule has 0 N–H and O–H groups in total. The van der Waals surface area contributed by atoms with E-state index in [2.05, 4.69) is 11.6 Å². The van der Waals surface area contributed by atoms with Crippen molar-refractivity contribution < 1.29 is 13.2 Å². The summed E-state index contributed by atoms with van der Waals surface area (Å²) in [4.78, 5) is 0. The van der Waals surface area contributed by atoms with Crippen molar-refractivity contribution in [3.8, 4) is 0 Å². The highest BCUT2D eigenvalue weighted by Crippen LogP contribution is 2.44. The second-order valence-corrected chi connectivity index (χ2v) is 8.34. The minimum Gasteiger partial charge on any atom is -0.279 e. The Kier molecular flexibility index (Phi) is 9.92. The topological polar surface area (TPSA) is 3.24 Å². The van der Waals surface area contributed by atoms with Gasteiger partial charge in [0, 0.05) is 5.30 Å². The highest BCUT2D eigenvalue weighted by Gasteiger charge is 2.35. The molecule has 0 heterocycles. The van der Waals surface area contributed by atoms with Crippen LogP contribution in [-0.4, -0.2) is 23.9 Å². The highest BCUT2D eigenvalue weighted by atomic mass is 31.1. The summed E-state index contributed by atoms with van der Waals surface area (Å²) in [5.74, 6) is 0. The summed E-state index contributed by atoms with van der Waals surface area (Å²) < 4.78 is 42.4. The van der Waals surface area contributed by atoms with Crippen LogP contribution in [0.5, 0.6) is 0 Å². The van der Waals surface area contributed by atoms with Gasteiger partial charge in [-0.1, -0.05) is 71.1 Å². The van der Waals surface area contributed by atoms with Crippen molar-refractivity contribution in [2.24, 2.45) is 0 Å². The summed E-state index contributed by atoms with van der Waals surface area (Å²) in [6, 6.07) is 6.15.